The van der Waals surface area contributed by atoms with Crippen LogP contribution in [0.3, 0.4) is 0 Å². The molecule has 122 valence electrons. The molecule has 3 rings (SSSR count). The van der Waals surface area contributed by atoms with Crippen LogP contribution in [0.25, 0.3) is 0 Å². The number of morpholine rings is 1. The zero-order valence-electron chi connectivity index (χ0n) is 12.6. The Morgan fingerprint density at radius 3 is 2.70 bits per heavy atom. The second kappa shape index (κ2) is 6.33. The van der Waals surface area contributed by atoms with Gasteiger partial charge in [0.1, 0.15) is 6.54 Å². The third kappa shape index (κ3) is 3.16. The zero-order chi connectivity index (χ0) is 16.4. The molecule has 2 heterocycles. The zero-order valence-corrected chi connectivity index (χ0v) is 12.6. The number of carbonyl (C=O) groups excluding carboxylic acids is 2. The van der Waals surface area contributed by atoms with Crippen molar-refractivity contribution in [3.63, 3.8) is 0 Å². The molecule has 2 aliphatic heterocycles. The van der Waals surface area contributed by atoms with Gasteiger partial charge in [0, 0.05) is 37.3 Å². The standard InChI is InChI=1S/C15H17N3O5/c19-14-4-1-11-9-12(18(21)22)2-3-13(11)17(14)10-15(20)16-5-7-23-8-6-16/h2-3,9H,1,4-8,10H2. The molecule has 1 fully saturated rings. The average molecular weight is 319 g/mol. The average Bonchev–Trinajstić information content (AvgIpc) is 2.57. The Bertz CT molecular complexity index is 655. The maximum Gasteiger partial charge on any atom is 0.269 e. The monoisotopic (exact) mass is 319 g/mol. The van der Waals surface area contributed by atoms with Crippen molar-refractivity contribution >= 4 is 23.2 Å². The van der Waals surface area contributed by atoms with Gasteiger partial charge in [-0.05, 0) is 18.1 Å². The quantitative estimate of drug-likeness (QED) is 0.605. The Kier molecular flexibility index (Phi) is 4.24. The van der Waals surface area contributed by atoms with Crippen LogP contribution in [0.1, 0.15) is 12.0 Å². The van der Waals surface area contributed by atoms with E-state index in [-0.39, 0.29) is 30.5 Å². The van der Waals surface area contributed by atoms with Crippen molar-refractivity contribution in [1.29, 1.82) is 0 Å². The number of ether oxygens (including phenoxy) is 1. The highest BCUT2D eigenvalue weighted by Crippen LogP contribution is 2.31. The maximum absolute atomic E-state index is 12.4. The van der Waals surface area contributed by atoms with Gasteiger partial charge >= 0.3 is 0 Å². The van der Waals surface area contributed by atoms with Crippen LogP contribution in [0.15, 0.2) is 18.2 Å². The van der Waals surface area contributed by atoms with Gasteiger partial charge in [0.15, 0.2) is 0 Å². The van der Waals surface area contributed by atoms with Gasteiger partial charge in [-0.25, -0.2) is 0 Å². The van der Waals surface area contributed by atoms with E-state index in [9.17, 15) is 19.7 Å². The van der Waals surface area contributed by atoms with Crippen molar-refractivity contribution in [3.8, 4) is 0 Å². The fraction of sp³-hybridized carbons (Fsp3) is 0.467. The van der Waals surface area contributed by atoms with Gasteiger partial charge < -0.3 is 14.5 Å². The number of amides is 2. The first kappa shape index (κ1) is 15.4. The van der Waals surface area contributed by atoms with Crippen LogP contribution in [0.2, 0.25) is 0 Å². The second-order valence-electron chi connectivity index (χ2n) is 5.54. The van der Waals surface area contributed by atoms with Crippen LogP contribution in [-0.2, 0) is 20.7 Å². The van der Waals surface area contributed by atoms with Gasteiger partial charge in [-0.15, -0.1) is 0 Å². The topological polar surface area (TPSA) is 93.0 Å². The summed E-state index contributed by atoms with van der Waals surface area (Å²) in [6.07, 6.45) is 0.711. The number of fused-ring (bicyclic) bond motifs is 1. The molecule has 1 aromatic rings. The molecule has 8 heteroatoms. The summed E-state index contributed by atoms with van der Waals surface area (Å²) in [5, 5.41) is 10.9. The molecule has 0 aromatic heterocycles. The molecule has 0 unspecified atom stereocenters. The van der Waals surface area contributed by atoms with E-state index in [0.29, 0.717) is 38.4 Å². The Labute approximate surface area is 132 Å². The number of carbonyl (C=O) groups is 2. The van der Waals surface area contributed by atoms with E-state index < -0.39 is 4.92 Å². The maximum atomic E-state index is 12.4. The van der Waals surface area contributed by atoms with Gasteiger partial charge in [0.05, 0.1) is 18.1 Å². The first-order valence-electron chi connectivity index (χ1n) is 7.49. The summed E-state index contributed by atoms with van der Waals surface area (Å²) in [5.41, 5.74) is 1.32. The van der Waals surface area contributed by atoms with E-state index in [1.807, 2.05) is 0 Å². The summed E-state index contributed by atoms with van der Waals surface area (Å²) >= 11 is 0. The molecule has 2 aliphatic rings. The highest BCUT2D eigenvalue weighted by Gasteiger charge is 2.29. The SMILES string of the molecule is O=C(CN1C(=O)CCc2cc([N+](=O)[O-])ccc21)N1CCOCC1. The van der Waals surface area contributed by atoms with Crippen LogP contribution < -0.4 is 4.90 Å². The van der Waals surface area contributed by atoms with Crippen LogP contribution in [0.5, 0.6) is 0 Å². The molecule has 2 amide bonds. The van der Waals surface area contributed by atoms with E-state index in [1.165, 1.54) is 17.0 Å². The van der Waals surface area contributed by atoms with Crippen molar-refractivity contribution in [1.82, 2.24) is 4.90 Å². The summed E-state index contributed by atoms with van der Waals surface area (Å²) in [7, 11) is 0. The Morgan fingerprint density at radius 2 is 2.00 bits per heavy atom. The number of nitrogens with zero attached hydrogens (tertiary/aromatic N) is 3. The van der Waals surface area contributed by atoms with Crippen LogP contribution in [0.4, 0.5) is 11.4 Å². The Hall–Kier alpha value is -2.48. The predicted octanol–water partition coefficient (Wildman–Crippen LogP) is 0.733. The minimum atomic E-state index is -0.458. The van der Waals surface area contributed by atoms with Crippen LogP contribution in [0, 0.1) is 10.1 Å². The number of nitro groups is 1. The van der Waals surface area contributed by atoms with Gasteiger partial charge in [0.25, 0.3) is 5.69 Å². The van der Waals surface area contributed by atoms with Crippen molar-refractivity contribution in [2.75, 3.05) is 37.7 Å². The first-order chi connectivity index (χ1) is 11.1. The van der Waals surface area contributed by atoms with Crippen LogP contribution in [-0.4, -0.2) is 54.5 Å². The van der Waals surface area contributed by atoms with Crippen molar-refractivity contribution in [2.24, 2.45) is 0 Å². The fourth-order valence-electron chi connectivity index (χ4n) is 2.88. The van der Waals surface area contributed by atoms with E-state index in [0.717, 1.165) is 5.56 Å². The number of benzene rings is 1. The fourth-order valence-corrected chi connectivity index (χ4v) is 2.88. The molecular formula is C15H17N3O5. The van der Waals surface area contributed by atoms with Crippen molar-refractivity contribution in [2.45, 2.75) is 12.8 Å². The van der Waals surface area contributed by atoms with Gasteiger partial charge in [-0.1, -0.05) is 0 Å². The number of hydrogen-bond donors (Lipinski definition) is 0. The van der Waals surface area contributed by atoms with Gasteiger partial charge in [0.2, 0.25) is 11.8 Å². The molecule has 23 heavy (non-hydrogen) atoms. The summed E-state index contributed by atoms with van der Waals surface area (Å²) in [4.78, 5) is 38.1. The van der Waals surface area contributed by atoms with Crippen molar-refractivity contribution < 1.29 is 19.2 Å². The minimum Gasteiger partial charge on any atom is -0.378 e. The van der Waals surface area contributed by atoms with E-state index in [2.05, 4.69) is 0 Å². The van der Waals surface area contributed by atoms with Gasteiger partial charge in [-0.3, -0.25) is 19.7 Å². The summed E-state index contributed by atoms with van der Waals surface area (Å²) in [5.74, 6) is -0.263. The molecule has 0 spiro atoms. The lowest BCUT2D eigenvalue weighted by molar-refractivity contribution is -0.384. The number of anilines is 1. The molecule has 0 N–H and O–H groups in total. The molecule has 1 aromatic carbocycles. The third-order valence-corrected chi connectivity index (χ3v) is 4.13. The molecule has 8 nitrogen and oxygen atoms in total. The smallest absolute Gasteiger partial charge is 0.269 e. The Balaban J connectivity index is 1.81. The molecule has 0 saturated carbocycles. The van der Waals surface area contributed by atoms with Crippen LogP contribution >= 0.6 is 0 Å². The van der Waals surface area contributed by atoms with E-state index >= 15 is 0 Å². The number of hydrogen-bond acceptors (Lipinski definition) is 5. The predicted molar refractivity (Wildman–Crippen MR) is 81.2 cm³/mol. The number of nitro benzene ring substituents is 1. The summed E-state index contributed by atoms with van der Waals surface area (Å²) in [6, 6.07) is 4.40. The van der Waals surface area contributed by atoms with Crippen molar-refractivity contribution in [3.05, 3.63) is 33.9 Å². The molecule has 0 radical (unpaired) electrons. The number of aryl methyl sites for hydroxylation is 1. The highest BCUT2D eigenvalue weighted by molar-refractivity contribution is 6.01. The Morgan fingerprint density at radius 1 is 1.26 bits per heavy atom. The molecule has 0 bridgehead atoms. The lowest BCUT2D eigenvalue weighted by Gasteiger charge is -2.32. The largest absolute Gasteiger partial charge is 0.378 e. The molecule has 0 atom stereocenters. The lowest BCUT2D eigenvalue weighted by Crippen LogP contribution is -2.48. The van der Waals surface area contributed by atoms with E-state index in [1.54, 1.807) is 11.0 Å². The summed E-state index contributed by atoms with van der Waals surface area (Å²) < 4.78 is 5.21. The normalized spacial score (nSPS) is 17.8. The van der Waals surface area contributed by atoms with E-state index in [4.69, 9.17) is 4.74 Å². The lowest BCUT2D eigenvalue weighted by atomic mass is 10.0. The molecular weight excluding hydrogens is 302 g/mol. The third-order valence-electron chi connectivity index (χ3n) is 4.13. The highest BCUT2D eigenvalue weighted by atomic mass is 16.6. The molecule has 1 saturated heterocycles. The second-order valence-corrected chi connectivity index (χ2v) is 5.54. The van der Waals surface area contributed by atoms with Gasteiger partial charge in [-0.2, -0.15) is 0 Å². The summed E-state index contributed by atoms with van der Waals surface area (Å²) in [6.45, 7) is 2.01. The molecule has 0 aliphatic carbocycles. The number of rotatable bonds is 3. The minimum absolute atomic E-state index is 0.00226. The number of non-ortho nitro benzene ring substituents is 1. The first-order valence-corrected chi connectivity index (χ1v) is 7.49.